The van der Waals surface area contributed by atoms with Crippen LogP contribution in [-0.2, 0) is 12.8 Å². The first-order chi connectivity index (χ1) is 8.58. The lowest BCUT2D eigenvalue weighted by molar-refractivity contribution is 0.832. The minimum absolute atomic E-state index is 0.663. The maximum absolute atomic E-state index is 2.39. The van der Waals surface area contributed by atoms with E-state index >= 15 is 0 Å². The zero-order chi connectivity index (χ0) is 12.9. The molecule has 3 rings (SSSR count). The molecule has 2 heterocycles. The van der Waals surface area contributed by atoms with Crippen molar-refractivity contribution in [3.8, 4) is 0 Å². The highest BCUT2D eigenvalue weighted by atomic mass is 32.1. The minimum Gasteiger partial charge on any atom is -0.148 e. The highest BCUT2D eigenvalue weighted by molar-refractivity contribution is 7.11. The Morgan fingerprint density at radius 2 is 1.17 bits per heavy atom. The Labute approximate surface area is 118 Å². The molecule has 2 heteroatoms. The molecule has 0 nitrogen and oxygen atoms in total. The van der Waals surface area contributed by atoms with Gasteiger partial charge in [-0.3, -0.25) is 0 Å². The number of fused-ring (bicyclic) bond motifs is 2. The van der Waals surface area contributed by atoms with Gasteiger partial charge >= 0.3 is 0 Å². The smallest absolute Gasteiger partial charge is 0.0128 e. The van der Waals surface area contributed by atoms with Gasteiger partial charge in [-0.1, -0.05) is 27.7 Å². The third-order valence-corrected chi connectivity index (χ3v) is 6.04. The van der Waals surface area contributed by atoms with E-state index in [9.17, 15) is 0 Å². The van der Waals surface area contributed by atoms with Crippen molar-refractivity contribution in [1.82, 2.24) is 0 Å². The summed E-state index contributed by atoms with van der Waals surface area (Å²) in [5.74, 6) is 1.33. The first-order valence-corrected chi connectivity index (χ1v) is 8.52. The summed E-state index contributed by atoms with van der Waals surface area (Å²) in [5.41, 5.74) is 6.44. The topological polar surface area (TPSA) is 0 Å². The number of hydrogen-bond donors (Lipinski definition) is 0. The Morgan fingerprint density at radius 1 is 0.778 bits per heavy atom. The summed E-state index contributed by atoms with van der Waals surface area (Å²) < 4.78 is 0. The van der Waals surface area contributed by atoms with E-state index in [0.717, 1.165) is 0 Å². The van der Waals surface area contributed by atoms with Crippen molar-refractivity contribution in [2.45, 2.75) is 52.4 Å². The van der Waals surface area contributed by atoms with Gasteiger partial charge in [0.25, 0.3) is 0 Å². The van der Waals surface area contributed by atoms with Crippen LogP contribution in [0.3, 0.4) is 0 Å². The van der Waals surface area contributed by atoms with Gasteiger partial charge in [-0.2, -0.15) is 0 Å². The van der Waals surface area contributed by atoms with Crippen LogP contribution in [0.5, 0.6) is 0 Å². The maximum atomic E-state index is 2.39. The predicted molar refractivity (Wildman–Crippen MR) is 82.4 cm³/mol. The first-order valence-electron chi connectivity index (χ1n) is 6.76. The highest BCUT2D eigenvalue weighted by Gasteiger charge is 2.25. The maximum Gasteiger partial charge on any atom is 0.0128 e. The molecule has 0 saturated carbocycles. The van der Waals surface area contributed by atoms with Crippen LogP contribution in [0.4, 0.5) is 0 Å². The predicted octanol–water partition coefficient (Wildman–Crippen LogP) is 5.55. The van der Waals surface area contributed by atoms with Crippen LogP contribution in [0.15, 0.2) is 10.8 Å². The van der Waals surface area contributed by atoms with Crippen molar-refractivity contribution >= 4 is 22.7 Å². The van der Waals surface area contributed by atoms with Crippen LogP contribution in [-0.4, -0.2) is 0 Å². The quantitative estimate of drug-likeness (QED) is 0.575. The number of hydrogen-bond acceptors (Lipinski definition) is 2. The largest absolute Gasteiger partial charge is 0.148 e. The fourth-order valence-corrected chi connectivity index (χ4v) is 5.35. The average Bonchev–Trinajstić information content (AvgIpc) is 2.87. The van der Waals surface area contributed by atoms with Crippen molar-refractivity contribution in [3.63, 3.8) is 0 Å². The van der Waals surface area contributed by atoms with Gasteiger partial charge in [0.2, 0.25) is 0 Å². The number of rotatable bonds is 2. The molecular formula is C16H20S2. The van der Waals surface area contributed by atoms with Gasteiger partial charge in [-0.25, -0.2) is 0 Å². The minimum atomic E-state index is 0.663. The van der Waals surface area contributed by atoms with Crippen LogP contribution >= 0.6 is 22.7 Å². The molecule has 2 aromatic rings. The van der Waals surface area contributed by atoms with Crippen molar-refractivity contribution < 1.29 is 0 Å². The van der Waals surface area contributed by atoms with Gasteiger partial charge in [0.05, 0.1) is 0 Å². The molecule has 0 unspecified atom stereocenters. The molecule has 0 amide bonds. The Morgan fingerprint density at radius 3 is 1.50 bits per heavy atom. The van der Waals surface area contributed by atoms with E-state index in [-0.39, 0.29) is 0 Å². The van der Waals surface area contributed by atoms with Crippen molar-refractivity contribution in [2.75, 3.05) is 0 Å². The second kappa shape index (κ2) is 4.50. The second-order valence-electron chi connectivity index (χ2n) is 5.85. The van der Waals surface area contributed by atoms with E-state index in [4.69, 9.17) is 0 Å². The van der Waals surface area contributed by atoms with E-state index in [1.807, 2.05) is 22.7 Å². The van der Waals surface area contributed by atoms with E-state index < -0.39 is 0 Å². The van der Waals surface area contributed by atoms with Crippen molar-refractivity contribution in [2.24, 2.45) is 0 Å². The lowest BCUT2D eigenvalue weighted by Crippen LogP contribution is -2.06. The van der Waals surface area contributed by atoms with Crippen LogP contribution in [0.2, 0.25) is 0 Å². The molecule has 0 aromatic carbocycles. The zero-order valence-corrected chi connectivity index (χ0v) is 13.2. The van der Waals surface area contributed by atoms with Crippen LogP contribution in [0.1, 0.15) is 71.5 Å². The molecule has 96 valence electrons. The standard InChI is InChI=1S/C16H20S2/c1-9(2)13-7-17-15-6-12-14(10(3)4)8-18-16(12)5-11(13)15/h7-10H,5-6H2,1-4H3. The molecule has 0 fully saturated rings. The molecule has 0 N–H and O–H groups in total. The molecule has 0 aliphatic heterocycles. The van der Waals surface area contributed by atoms with Crippen LogP contribution < -0.4 is 0 Å². The van der Waals surface area contributed by atoms with Crippen molar-refractivity contribution in [1.29, 1.82) is 0 Å². The Bertz CT molecular complexity index is 518. The fraction of sp³-hybridized carbons (Fsp3) is 0.500. The summed E-state index contributed by atoms with van der Waals surface area (Å²) in [6.45, 7) is 9.25. The summed E-state index contributed by atoms with van der Waals surface area (Å²) in [6.07, 6.45) is 2.36. The van der Waals surface area contributed by atoms with Gasteiger partial charge in [0.1, 0.15) is 0 Å². The first kappa shape index (κ1) is 12.4. The van der Waals surface area contributed by atoms with Gasteiger partial charge < -0.3 is 0 Å². The molecule has 1 aliphatic rings. The monoisotopic (exact) mass is 276 g/mol. The molecule has 2 aromatic heterocycles. The van der Waals surface area contributed by atoms with Gasteiger partial charge in [-0.15, -0.1) is 22.7 Å². The fourth-order valence-electron chi connectivity index (χ4n) is 2.86. The van der Waals surface area contributed by atoms with Crippen molar-refractivity contribution in [3.05, 3.63) is 42.8 Å². The Balaban J connectivity index is 2.03. The third kappa shape index (κ3) is 1.86. The Kier molecular flexibility index (Phi) is 3.11. The lowest BCUT2D eigenvalue weighted by atomic mass is 9.88. The SMILES string of the molecule is CC(C)c1csc2c1Cc1scc(C(C)C)c1C2. The normalized spacial score (nSPS) is 14.1. The second-order valence-corrected chi connectivity index (χ2v) is 7.78. The molecule has 0 spiro atoms. The molecule has 0 radical (unpaired) electrons. The van der Waals surface area contributed by atoms with E-state index in [1.165, 1.54) is 12.8 Å². The summed E-state index contributed by atoms with van der Waals surface area (Å²) in [5, 5.41) is 4.78. The van der Waals surface area contributed by atoms with Crippen LogP contribution in [0.25, 0.3) is 0 Å². The highest BCUT2D eigenvalue weighted by Crippen LogP contribution is 2.41. The third-order valence-electron chi connectivity index (χ3n) is 3.95. The summed E-state index contributed by atoms with van der Waals surface area (Å²) in [7, 11) is 0. The van der Waals surface area contributed by atoms with E-state index in [1.54, 1.807) is 32.0 Å². The zero-order valence-electron chi connectivity index (χ0n) is 11.5. The Hall–Kier alpha value is -0.600. The summed E-state index contributed by atoms with van der Waals surface area (Å²) in [4.78, 5) is 3.23. The van der Waals surface area contributed by atoms with Gasteiger partial charge in [-0.05, 0) is 44.8 Å². The van der Waals surface area contributed by atoms with E-state index in [0.29, 0.717) is 11.8 Å². The average molecular weight is 276 g/mol. The molecule has 0 bridgehead atoms. The summed E-state index contributed by atoms with van der Waals surface area (Å²) >= 11 is 3.94. The number of thiophene rings is 2. The lowest BCUT2D eigenvalue weighted by Gasteiger charge is -2.18. The van der Waals surface area contributed by atoms with E-state index in [2.05, 4.69) is 38.5 Å². The van der Waals surface area contributed by atoms with Gasteiger partial charge in [0, 0.05) is 22.6 Å². The molecule has 0 saturated heterocycles. The molecule has 1 aliphatic carbocycles. The summed E-state index contributed by atoms with van der Waals surface area (Å²) in [6, 6.07) is 0. The molecule has 18 heavy (non-hydrogen) atoms. The molecular weight excluding hydrogens is 256 g/mol. The molecule has 0 atom stereocenters. The van der Waals surface area contributed by atoms with Gasteiger partial charge in [0.15, 0.2) is 0 Å². The van der Waals surface area contributed by atoms with Crippen LogP contribution in [0, 0.1) is 0 Å².